The van der Waals surface area contributed by atoms with Gasteiger partial charge in [0.2, 0.25) is 11.8 Å². The zero-order valence-corrected chi connectivity index (χ0v) is 14.2. The van der Waals surface area contributed by atoms with Crippen molar-refractivity contribution in [2.24, 2.45) is 11.8 Å². The van der Waals surface area contributed by atoms with E-state index in [0.29, 0.717) is 18.9 Å². The van der Waals surface area contributed by atoms with E-state index in [9.17, 15) is 9.59 Å². The van der Waals surface area contributed by atoms with E-state index in [1.807, 2.05) is 31.9 Å². The molecule has 2 amide bonds. The van der Waals surface area contributed by atoms with Crippen molar-refractivity contribution in [2.45, 2.75) is 52.6 Å². The molecule has 2 aliphatic rings. The lowest BCUT2D eigenvalue weighted by molar-refractivity contribution is -0.137. The highest BCUT2D eigenvalue weighted by molar-refractivity contribution is 5.79. The molecule has 126 valence electrons. The second-order valence-corrected chi connectivity index (χ2v) is 7.07. The van der Waals surface area contributed by atoms with Crippen LogP contribution in [0.2, 0.25) is 0 Å². The summed E-state index contributed by atoms with van der Waals surface area (Å²) in [5.41, 5.74) is 0.791. The molecular formula is C17H26N4O2. The average molecular weight is 318 g/mol. The van der Waals surface area contributed by atoms with Gasteiger partial charge in [0.1, 0.15) is 5.82 Å². The van der Waals surface area contributed by atoms with E-state index >= 15 is 0 Å². The molecule has 0 bridgehead atoms. The molecule has 0 spiro atoms. The molecule has 1 saturated carbocycles. The number of amides is 2. The molecule has 1 fully saturated rings. The number of hydrogen-bond donors (Lipinski definition) is 1. The third-order valence-corrected chi connectivity index (χ3v) is 4.68. The highest BCUT2D eigenvalue weighted by atomic mass is 16.2. The fourth-order valence-corrected chi connectivity index (χ4v) is 3.07. The van der Waals surface area contributed by atoms with Crippen LogP contribution in [-0.4, -0.2) is 39.4 Å². The predicted molar refractivity (Wildman–Crippen MR) is 86.6 cm³/mol. The first kappa shape index (κ1) is 16.0. The Morgan fingerprint density at radius 3 is 2.74 bits per heavy atom. The number of aromatic nitrogens is 2. The van der Waals surface area contributed by atoms with Gasteiger partial charge in [-0.1, -0.05) is 13.8 Å². The molecule has 1 aromatic heterocycles. The summed E-state index contributed by atoms with van der Waals surface area (Å²) in [6.07, 6.45) is 4.74. The molecule has 1 aromatic rings. The smallest absolute Gasteiger partial charge is 0.226 e. The van der Waals surface area contributed by atoms with Gasteiger partial charge in [-0.2, -0.15) is 0 Å². The van der Waals surface area contributed by atoms with Gasteiger partial charge in [-0.15, -0.1) is 0 Å². The average Bonchev–Trinajstić information content (AvgIpc) is 3.24. The standard InChI is InChI=1S/C17H26N4O2/c1-11(2)17(23)21-7-6-20-10-14(19-16(20)12(21)3)8-15(22)18-9-13-4-5-13/h10-13H,4-9H2,1-3H3,(H,18,22)/t12-/m1/s1. The van der Waals surface area contributed by atoms with Crippen molar-refractivity contribution < 1.29 is 9.59 Å². The van der Waals surface area contributed by atoms with Crippen molar-refractivity contribution in [3.05, 3.63) is 17.7 Å². The minimum atomic E-state index is -0.0399. The monoisotopic (exact) mass is 318 g/mol. The third-order valence-electron chi connectivity index (χ3n) is 4.68. The summed E-state index contributed by atoms with van der Waals surface area (Å²) in [4.78, 5) is 30.8. The van der Waals surface area contributed by atoms with Crippen LogP contribution in [0.3, 0.4) is 0 Å². The Morgan fingerprint density at radius 2 is 2.09 bits per heavy atom. The van der Waals surface area contributed by atoms with Gasteiger partial charge in [-0.05, 0) is 25.7 Å². The van der Waals surface area contributed by atoms with Crippen molar-refractivity contribution in [1.82, 2.24) is 19.8 Å². The molecule has 1 N–H and O–H groups in total. The maximum Gasteiger partial charge on any atom is 0.226 e. The lowest BCUT2D eigenvalue weighted by Gasteiger charge is -2.34. The SMILES string of the molecule is CC(C)C(=O)N1CCn2cc(CC(=O)NCC3CC3)nc2[C@H]1C. The van der Waals surface area contributed by atoms with E-state index in [1.165, 1.54) is 12.8 Å². The summed E-state index contributed by atoms with van der Waals surface area (Å²) in [6, 6.07) is -0.0399. The van der Waals surface area contributed by atoms with Gasteiger partial charge in [0.05, 0.1) is 18.2 Å². The summed E-state index contributed by atoms with van der Waals surface area (Å²) >= 11 is 0. The number of carbonyl (C=O) groups is 2. The third kappa shape index (κ3) is 3.57. The molecule has 0 saturated heterocycles. The topological polar surface area (TPSA) is 67.2 Å². The van der Waals surface area contributed by atoms with E-state index in [1.54, 1.807) is 0 Å². The molecule has 1 aliphatic heterocycles. The minimum Gasteiger partial charge on any atom is -0.355 e. The van der Waals surface area contributed by atoms with Crippen LogP contribution in [0, 0.1) is 11.8 Å². The van der Waals surface area contributed by atoms with Crippen molar-refractivity contribution >= 4 is 11.8 Å². The Labute approximate surface area is 137 Å². The highest BCUT2D eigenvalue weighted by Crippen LogP contribution is 2.28. The van der Waals surface area contributed by atoms with Crippen molar-refractivity contribution in [1.29, 1.82) is 0 Å². The zero-order chi connectivity index (χ0) is 16.6. The first-order valence-corrected chi connectivity index (χ1v) is 8.59. The Hall–Kier alpha value is -1.85. The van der Waals surface area contributed by atoms with Crippen molar-refractivity contribution in [2.75, 3.05) is 13.1 Å². The van der Waals surface area contributed by atoms with E-state index in [-0.39, 0.29) is 23.8 Å². The second kappa shape index (κ2) is 6.34. The zero-order valence-electron chi connectivity index (χ0n) is 14.2. The van der Waals surface area contributed by atoms with Crippen LogP contribution in [0.25, 0.3) is 0 Å². The maximum absolute atomic E-state index is 12.3. The number of rotatable bonds is 5. The molecule has 1 aliphatic carbocycles. The summed E-state index contributed by atoms with van der Waals surface area (Å²) in [7, 11) is 0. The van der Waals surface area contributed by atoms with Crippen LogP contribution in [0.5, 0.6) is 0 Å². The van der Waals surface area contributed by atoms with E-state index in [2.05, 4.69) is 14.9 Å². The molecule has 23 heavy (non-hydrogen) atoms. The normalized spacial score (nSPS) is 20.5. The molecule has 6 heteroatoms. The summed E-state index contributed by atoms with van der Waals surface area (Å²) < 4.78 is 2.08. The second-order valence-electron chi connectivity index (χ2n) is 7.07. The van der Waals surface area contributed by atoms with Crippen LogP contribution in [-0.2, 0) is 22.6 Å². The largest absolute Gasteiger partial charge is 0.355 e. The van der Waals surface area contributed by atoms with Crippen molar-refractivity contribution in [3.8, 4) is 0 Å². The van der Waals surface area contributed by atoms with Crippen LogP contribution >= 0.6 is 0 Å². The Kier molecular flexibility index (Phi) is 4.41. The van der Waals surface area contributed by atoms with Crippen LogP contribution in [0.1, 0.15) is 51.2 Å². The van der Waals surface area contributed by atoms with Gasteiger partial charge in [0, 0.05) is 31.7 Å². The molecular weight excluding hydrogens is 292 g/mol. The number of fused-ring (bicyclic) bond motifs is 1. The van der Waals surface area contributed by atoms with Gasteiger partial charge >= 0.3 is 0 Å². The summed E-state index contributed by atoms with van der Waals surface area (Å²) in [6.45, 7) is 8.09. The van der Waals surface area contributed by atoms with Crippen LogP contribution in [0.4, 0.5) is 0 Å². The van der Waals surface area contributed by atoms with Gasteiger partial charge in [0.15, 0.2) is 0 Å². The molecule has 0 aromatic carbocycles. The number of nitrogens with zero attached hydrogens (tertiary/aromatic N) is 3. The van der Waals surface area contributed by atoms with Gasteiger partial charge in [-0.3, -0.25) is 9.59 Å². The first-order chi connectivity index (χ1) is 11.0. The Morgan fingerprint density at radius 1 is 1.35 bits per heavy atom. The van der Waals surface area contributed by atoms with E-state index in [0.717, 1.165) is 24.6 Å². The first-order valence-electron chi connectivity index (χ1n) is 8.59. The van der Waals surface area contributed by atoms with E-state index in [4.69, 9.17) is 0 Å². The minimum absolute atomic E-state index is 0.00775. The van der Waals surface area contributed by atoms with E-state index < -0.39 is 0 Å². The fraction of sp³-hybridized carbons (Fsp3) is 0.706. The molecule has 0 unspecified atom stereocenters. The van der Waals surface area contributed by atoms with Gasteiger partial charge in [-0.25, -0.2) is 4.98 Å². The van der Waals surface area contributed by atoms with Gasteiger partial charge in [0.25, 0.3) is 0 Å². The number of carbonyl (C=O) groups excluding carboxylic acids is 2. The maximum atomic E-state index is 12.3. The molecule has 0 radical (unpaired) electrons. The predicted octanol–water partition coefficient (Wildman–Crippen LogP) is 1.51. The van der Waals surface area contributed by atoms with Crippen LogP contribution in [0.15, 0.2) is 6.20 Å². The van der Waals surface area contributed by atoms with Crippen molar-refractivity contribution in [3.63, 3.8) is 0 Å². The molecule has 3 rings (SSSR count). The highest BCUT2D eigenvalue weighted by Gasteiger charge is 2.31. The number of nitrogens with one attached hydrogen (secondary N) is 1. The summed E-state index contributed by atoms with van der Waals surface area (Å²) in [5, 5.41) is 2.97. The van der Waals surface area contributed by atoms with Gasteiger partial charge < -0.3 is 14.8 Å². The molecule has 2 heterocycles. The lowest BCUT2D eigenvalue weighted by atomic mass is 10.1. The molecule has 1 atom stereocenters. The number of imidazole rings is 1. The fourth-order valence-electron chi connectivity index (χ4n) is 3.07. The molecule has 6 nitrogen and oxygen atoms in total. The Balaban J connectivity index is 1.65. The van der Waals surface area contributed by atoms with Crippen LogP contribution < -0.4 is 5.32 Å². The Bertz CT molecular complexity index is 604. The quantitative estimate of drug-likeness (QED) is 0.895. The lowest BCUT2D eigenvalue weighted by Crippen LogP contribution is -2.42. The summed E-state index contributed by atoms with van der Waals surface area (Å²) in [5.74, 6) is 1.76. The number of hydrogen-bond acceptors (Lipinski definition) is 3.